The summed E-state index contributed by atoms with van der Waals surface area (Å²) in [7, 11) is 0. The minimum atomic E-state index is -0.798. The predicted molar refractivity (Wildman–Crippen MR) is 84.8 cm³/mol. The number of pyridine rings is 1. The van der Waals surface area contributed by atoms with Gasteiger partial charge in [-0.1, -0.05) is 6.07 Å². The van der Waals surface area contributed by atoms with Gasteiger partial charge in [-0.2, -0.15) is 0 Å². The van der Waals surface area contributed by atoms with Crippen LogP contribution in [0.15, 0.2) is 42.6 Å². The lowest BCUT2D eigenvalue weighted by Gasteiger charge is -2.23. The highest BCUT2D eigenvalue weighted by Gasteiger charge is 2.27. The molecule has 0 bridgehead atoms. The molecule has 1 N–H and O–H groups in total. The highest BCUT2D eigenvalue weighted by Crippen LogP contribution is 2.34. The molecule has 1 atom stereocenters. The molecular weight excluding hydrogens is 296 g/mol. The Bertz CT molecular complexity index is 810. The largest absolute Gasteiger partial charge is 0.342 e. The molecular formula is C18H17F2N3. The lowest BCUT2D eigenvalue weighted by Crippen LogP contribution is -2.23. The molecule has 0 unspecified atom stereocenters. The molecule has 3 aromatic rings. The second-order valence-electron chi connectivity index (χ2n) is 6.04. The summed E-state index contributed by atoms with van der Waals surface area (Å²) in [4.78, 5) is 10.0. The zero-order valence-electron chi connectivity index (χ0n) is 12.6. The van der Waals surface area contributed by atoms with Crippen LogP contribution in [-0.4, -0.2) is 21.4 Å². The number of rotatable bonds is 3. The number of aromatic amines is 1. The number of nitrogens with one attached hydrogen (secondary N) is 1. The number of halogens is 2. The van der Waals surface area contributed by atoms with Crippen LogP contribution in [0, 0.1) is 11.6 Å². The number of hydrogen-bond acceptors (Lipinski definition) is 2. The van der Waals surface area contributed by atoms with Crippen LogP contribution in [-0.2, 0) is 6.54 Å². The third-order valence-corrected chi connectivity index (χ3v) is 4.51. The van der Waals surface area contributed by atoms with Gasteiger partial charge in [0.25, 0.3) is 0 Å². The molecule has 1 aliphatic heterocycles. The maximum atomic E-state index is 13.4. The summed E-state index contributed by atoms with van der Waals surface area (Å²) >= 11 is 0. The summed E-state index contributed by atoms with van der Waals surface area (Å²) in [5, 5.41) is 1.10. The van der Waals surface area contributed by atoms with E-state index in [1.54, 1.807) is 12.3 Å². The molecule has 1 aromatic carbocycles. The first-order valence-electron chi connectivity index (χ1n) is 7.82. The van der Waals surface area contributed by atoms with Gasteiger partial charge in [-0.15, -0.1) is 0 Å². The first kappa shape index (κ1) is 14.3. The second-order valence-corrected chi connectivity index (χ2v) is 6.04. The Hall–Kier alpha value is -2.27. The van der Waals surface area contributed by atoms with Crippen LogP contribution < -0.4 is 0 Å². The molecule has 3 nitrogen and oxygen atoms in total. The van der Waals surface area contributed by atoms with Crippen LogP contribution in [0.1, 0.15) is 30.1 Å². The van der Waals surface area contributed by atoms with Crippen LogP contribution in [0.4, 0.5) is 8.78 Å². The van der Waals surface area contributed by atoms with Crippen molar-refractivity contribution in [3.8, 4) is 0 Å². The number of fused-ring (bicyclic) bond motifs is 1. The number of H-pyrrole nitrogens is 1. The number of nitrogens with zero attached hydrogens (tertiary/aromatic N) is 2. The summed E-state index contributed by atoms with van der Waals surface area (Å²) in [5.41, 5.74) is 2.82. The van der Waals surface area contributed by atoms with Gasteiger partial charge in [0.15, 0.2) is 11.6 Å². The van der Waals surface area contributed by atoms with Crippen LogP contribution in [0.2, 0.25) is 0 Å². The Morgan fingerprint density at radius 1 is 1.17 bits per heavy atom. The van der Waals surface area contributed by atoms with E-state index in [4.69, 9.17) is 0 Å². The Balaban J connectivity index is 1.59. The zero-order valence-corrected chi connectivity index (χ0v) is 12.6. The van der Waals surface area contributed by atoms with Gasteiger partial charge >= 0.3 is 0 Å². The maximum Gasteiger partial charge on any atom is 0.159 e. The average molecular weight is 313 g/mol. The molecule has 2 aromatic heterocycles. The monoisotopic (exact) mass is 313 g/mol. The normalized spacial score (nSPS) is 18.8. The van der Waals surface area contributed by atoms with Gasteiger partial charge < -0.3 is 4.98 Å². The van der Waals surface area contributed by atoms with Gasteiger partial charge in [0.05, 0.1) is 6.04 Å². The minimum Gasteiger partial charge on any atom is -0.342 e. The van der Waals surface area contributed by atoms with Crippen LogP contribution in [0.5, 0.6) is 0 Å². The Morgan fingerprint density at radius 2 is 2.09 bits per heavy atom. The van der Waals surface area contributed by atoms with Crippen molar-refractivity contribution < 1.29 is 8.78 Å². The molecule has 0 amide bonds. The Labute approximate surface area is 133 Å². The van der Waals surface area contributed by atoms with Crippen molar-refractivity contribution in [3.05, 3.63) is 65.5 Å². The van der Waals surface area contributed by atoms with Crippen molar-refractivity contribution in [2.45, 2.75) is 25.4 Å². The second kappa shape index (κ2) is 5.74. The molecule has 0 saturated carbocycles. The van der Waals surface area contributed by atoms with Crippen LogP contribution >= 0.6 is 0 Å². The van der Waals surface area contributed by atoms with Crippen LogP contribution in [0.25, 0.3) is 11.0 Å². The predicted octanol–water partition coefficient (Wildman–Crippen LogP) is 4.18. The molecule has 1 saturated heterocycles. The van der Waals surface area contributed by atoms with Crippen molar-refractivity contribution >= 4 is 11.0 Å². The first-order chi connectivity index (χ1) is 11.2. The number of benzene rings is 1. The zero-order chi connectivity index (χ0) is 15.8. The van der Waals surface area contributed by atoms with E-state index in [1.807, 2.05) is 12.1 Å². The third kappa shape index (κ3) is 2.72. The van der Waals surface area contributed by atoms with Crippen molar-refractivity contribution in [1.29, 1.82) is 0 Å². The van der Waals surface area contributed by atoms with Gasteiger partial charge in [-0.25, -0.2) is 13.8 Å². The van der Waals surface area contributed by atoms with E-state index in [0.717, 1.165) is 41.7 Å². The fourth-order valence-corrected chi connectivity index (χ4v) is 3.40. The van der Waals surface area contributed by atoms with E-state index >= 15 is 0 Å². The van der Waals surface area contributed by atoms with Gasteiger partial charge in [0.2, 0.25) is 0 Å². The molecule has 1 aliphatic rings. The highest BCUT2D eigenvalue weighted by atomic mass is 19.2. The van der Waals surface area contributed by atoms with E-state index in [2.05, 4.69) is 20.9 Å². The summed E-state index contributed by atoms with van der Waals surface area (Å²) in [6.07, 6.45) is 3.92. The minimum absolute atomic E-state index is 0.261. The van der Waals surface area contributed by atoms with E-state index in [0.29, 0.717) is 6.54 Å². The summed E-state index contributed by atoms with van der Waals surface area (Å²) < 4.78 is 26.5. The summed E-state index contributed by atoms with van der Waals surface area (Å²) in [6, 6.07) is 10.5. The van der Waals surface area contributed by atoms with E-state index < -0.39 is 11.6 Å². The molecule has 0 aliphatic carbocycles. The fraction of sp³-hybridized carbons (Fsp3) is 0.278. The Kier molecular flexibility index (Phi) is 3.58. The van der Waals surface area contributed by atoms with Gasteiger partial charge in [0.1, 0.15) is 5.65 Å². The molecule has 118 valence electrons. The van der Waals surface area contributed by atoms with Crippen molar-refractivity contribution in [2.75, 3.05) is 6.54 Å². The Morgan fingerprint density at radius 3 is 2.91 bits per heavy atom. The molecule has 0 spiro atoms. The number of likely N-dealkylation sites (tertiary alicyclic amines) is 1. The fourth-order valence-electron chi connectivity index (χ4n) is 3.40. The molecule has 1 fully saturated rings. The topological polar surface area (TPSA) is 31.9 Å². The molecule has 3 heterocycles. The van der Waals surface area contributed by atoms with E-state index in [1.165, 1.54) is 12.1 Å². The molecule has 4 rings (SSSR count). The summed E-state index contributed by atoms with van der Waals surface area (Å²) in [6.45, 7) is 1.57. The van der Waals surface area contributed by atoms with E-state index in [-0.39, 0.29) is 6.04 Å². The molecule has 0 radical (unpaired) electrons. The number of aromatic nitrogens is 2. The smallest absolute Gasteiger partial charge is 0.159 e. The van der Waals surface area contributed by atoms with Gasteiger partial charge in [-0.05, 0) is 55.3 Å². The summed E-state index contributed by atoms with van der Waals surface area (Å²) in [5.74, 6) is -1.58. The standard InChI is InChI=1S/C18H17F2N3/c19-14-6-5-12(9-15(14)20)11-23-8-2-4-17(23)16-10-13-3-1-7-21-18(13)22-16/h1,3,5-7,9-10,17H,2,4,8,11H2,(H,21,22)/t17-/m1/s1. The lowest BCUT2D eigenvalue weighted by molar-refractivity contribution is 0.244. The van der Waals surface area contributed by atoms with Crippen molar-refractivity contribution in [1.82, 2.24) is 14.9 Å². The highest BCUT2D eigenvalue weighted by molar-refractivity contribution is 5.76. The van der Waals surface area contributed by atoms with Gasteiger partial charge in [-0.3, -0.25) is 4.90 Å². The van der Waals surface area contributed by atoms with Crippen LogP contribution in [0.3, 0.4) is 0 Å². The first-order valence-corrected chi connectivity index (χ1v) is 7.82. The third-order valence-electron chi connectivity index (χ3n) is 4.51. The average Bonchev–Trinajstić information content (AvgIpc) is 3.16. The maximum absolute atomic E-state index is 13.4. The molecule has 23 heavy (non-hydrogen) atoms. The SMILES string of the molecule is Fc1ccc(CN2CCC[C@@H]2c2cc3cccnc3[nH]2)cc1F. The van der Waals surface area contributed by atoms with Crippen molar-refractivity contribution in [2.24, 2.45) is 0 Å². The number of hydrogen-bond donors (Lipinski definition) is 1. The lowest BCUT2D eigenvalue weighted by atomic mass is 10.1. The quantitative estimate of drug-likeness (QED) is 0.786. The van der Waals surface area contributed by atoms with Crippen molar-refractivity contribution in [3.63, 3.8) is 0 Å². The van der Waals surface area contributed by atoms with E-state index in [9.17, 15) is 8.78 Å². The molecule has 5 heteroatoms. The van der Waals surface area contributed by atoms with Gasteiger partial charge in [0, 0.05) is 23.8 Å².